The van der Waals surface area contributed by atoms with Crippen molar-refractivity contribution < 1.29 is 24.0 Å². The predicted molar refractivity (Wildman–Crippen MR) is 159 cm³/mol. The molecule has 0 atom stereocenters. The van der Waals surface area contributed by atoms with E-state index in [9.17, 15) is 14.7 Å². The highest BCUT2D eigenvalue weighted by Crippen LogP contribution is 2.43. The van der Waals surface area contributed by atoms with Gasteiger partial charge >= 0.3 is 5.97 Å². The fraction of sp³-hybridized carbons (Fsp3) is 0.364. The van der Waals surface area contributed by atoms with E-state index in [1.54, 1.807) is 6.07 Å². The topological polar surface area (TPSA) is 72.7 Å². The number of carboxylic acid groups (broad SMARTS) is 1. The molecule has 2 aromatic rings. The third-order valence-corrected chi connectivity index (χ3v) is 12.0. The first kappa shape index (κ1) is 26.5. The summed E-state index contributed by atoms with van der Waals surface area (Å²) in [7, 11) is -2.18. The highest BCUT2D eigenvalue weighted by Gasteiger charge is 2.41. The van der Waals surface area contributed by atoms with Gasteiger partial charge in [-0.2, -0.15) is 0 Å². The van der Waals surface area contributed by atoms with Crippen molar-refractivity contribution in [3.8, 4) is 0 Å². The smallest absolute Gasteiger partial charge is 0.338 e. The summed E-state index contributed by atoms with van der Waals surface area (Å²) in [6.07, 6.45) is 9.03. The fourth-order valence-corrected chi connectivity index (χ4v) is 9.12. The minimum atomic E-state index is -2.18. The lowest BCUT2D eigenvalue weighted by Crippen LogP contribution is -2.50. The summed E-state index contributed by atoms with van der Waals surface area (Å²) >= 11 is 0. The molecule has 2 aromatic carbocycles. The number of benzene rings is 2. The second-order valence-corrected chi connectivity index (χ2v) is 17.0. The molecule has 2 saturated heterocycles. The normalized spacial score (nSPS) is 19.3. The Balaban J connectivity index is 1.61. The number of carbonyl (C=O) groups is 2. The molecule has 7 heteroatoms. The van der Waals surface area contributed by atoms with Gasteiger partial charge in [0.05, 0.1) is 18.0 Å². The predicted octanol–water partition coefficient (Wildman–Crippen LogP) is 3.84. The Morgan fingerprint density at radius 1 is 0.975 bits per heavy atom. The van der Waals surface area contributed by atoms with E-state index in [2.05, 4.69) is 59.0 Å². The Labute approximate surface area is 237 Å². The fourth-order valence-electron chi connectivity index (χ4n) is 6.05. The maximum Gasteiger partial charge on any atom is 0.338 e. The van der Waals surface area contributed by atoms with E-state index in [0.717, 1.165) is 42.9 Å². The molecule has 0 saturated carbocycles. The Hall–Kier alpha value is -3.71. The van der Waals surface area contributed by atoms with E-state index in [4.69, 9.17) is 4.74 Å². The first-order valence-corrected chi connectivity index (χ1v) is 17.2. The molecular weight excluding hydrogens is 516 g/mol. The van der Waals surface area contributed by atoms with Gasteiger partial charge in [-0.25, -0.2) is 9.37 Å². The number of carbonyl (C=O) groups excluding carboxylic acids is 2. The number of hydrogen-bond acceptors (Lipinski definition) is 5. The summed E-state index contributed by atoms with van der Waals surface area (Å²) in [5.74, 6) is -1.75. The molecule has 3 heterocycles. The average Bonchev–Trinajstić information content (AvgIpc) is 2.81. The molecular formula is C33H36N2O4Si. The molecule has 1 aliphatic carbocycles. The zero-order valence-electron chi connectivity index (χ0n) is 24.0. The van der Waals surface area contributed by atoms with Crippen molar-refractivity contribution in [1.82, 2.24) is 0 Å². The van der Waals surface area contributed by atoms with Crippen LogP contribution < -0.4 is 15.2 Å². The summed E-state index contributed by atoms with van der Waals surface area (Å²) in [5, 5.41) is 15.0. The van der Waals surface area contributed by atoms with Gasteiger partial charge in [0.2, 0.25) is 0 Å². The van der Waals surface area contributed by atoms with Crippen molar-refractivity contribution in [2.75, 3.05) is 31.1 Å². The van der Waals surface area contributed by atoms with Crippen LogP contribution in [-0.2, 0) is 4.74 Å². The lowest BCUT2D eigenvalue weighted by Gasteiger charge is -2.40. The molecule has 2 fully saturated rings. The molecule has 206 valence electrons. The summed E-state index contributed by atoms with van der Waals surface area (Å²) in [5.41, 5.74) is 5.56. The lowest BCUT2D eigenvalue weighted by atomic mass is 9.86. The van der Waals surface area contributed by atoms with E-state index in [-0.39, 0.29) is 5.56 Å². The second kappa shape index (κ2) is 9.44. The summed E-state index contributed by atoms with van der Waals surface area (Å²) in [6, 6.07) is 11.3. The van der Waals surface area contributed by atoms with Crippen LogP contribution in [0.5, 0.6) is 0 Å². The van der Waals surface area contributed by atoms with E-state index < -0.39 is 25.6 Å². The number of nitrogens with zero attached hydrogens (tertiary/aromatic N) is 2. The van der Waals surface area contributed by atoms with Gasteiger partial charge in [0, 0.05) is 36.5 Å². The van der Waals surface area contributed by atoms with Crippen LogP contribution in [0, 0.1) is 0 Å². The van der Waals surface area contributed by atoms with Crippen molar-refractivity contribution in [2.45, 2.75) is 52.3 Å². The molecule has 0 unspecified atom stereocenters. The molecule has 0 radical (unpaired) electrons. The van der Waals surface area contributed by atoms with Gasteiger partial charge in [-0.05, 0) is 90.2 Å². The average molecular weight is 553 g/mol. The largest absolute Gasteiger partial charge is 0.545 e. The highest BCUT2D eigenvalue weighted by molar-refractivity contribution is 6.98. The van der Waals surface area contributed by atoms with Crippen LogP contribution >= 0.6 is 0 Å². The van der Waals surface area contributed by atoms with Crippen LogP contribution in [0.4, 0.5) is 5.69 Å². The number of aromatic carboxylic acids is 1. The van der Waals surface area contributed by atoms with Crippen molar-refractivity contribution in [3.63, 3.8) is 0 Å². The van der Waals surface area contributed by atoms with Gasteiger partial charge in [-0.3, -0.25) is 0 Å². The van der Waals surface area contributed by atoms with E-state index >= 15 is 0 Å². The number of anilines is 1. The van der Waals surface area contributed by atoms with Crippen LogP contribution in [-0.4, -0.2) is 62.1 Å². The minimum Gasteiger partial charge on any atom is -0.545 e. The molecule has 0 N–H and O–H groups in total. The molecule has 6 rings (SSSR count). The second-order valence-electron chi connectivity index (χ2n) is 12.7. The number of allylic oxidation sites excluding steroid dienone is 5. The van der Waals surface area contributed by atoms with Crippen LogP contribution in [0.15, 0.2) is 65.4 Å². The molecule has 0 aromatic heterocycles. The third-order valence-electron chi connectivity index (χ3n) is 8.48. The van der Waals surface area contributed by atoms with Crippen LogP contribution in [0.3, 0.4) is 0 Å². The zero-order chi connectivity index (χ0) is 28.4. The summed E-state index contributed by atoms with van der Waals surface area (Å²) in [6.45, 7) is 14.5. The van der Waals surface area contributed by atoms with Crippen molar-refractivity contribution in [3.05, 3.63) is 87.6 Å². The van der Waals surface area contributed by atoms with E-state index in [0.29, 0.717) is 11.1 Å². The number of hydrogen-bond donors (Lipinski definition) is 0. The summed E-state index contributed by atoms with van der Waals surface area (Å²) < 4.78 is 8.04. The lowest BCUT2D eigenvalue weighted by molar-refractivity contribution is -0.582. The standard InChI is InChI=1S/C33H36N2O4Si/c1-33(2,3)39-32(38)21-8-11-24(31(36)37)27(18-21)30-25-12-9-22(34-14-6-15-34)19-28(25)40(4,5)29-20-23(10-13-26(29)30)35-16-7-17-35/h8-13,18-20H,6-7,14-17H2,1-5H3. The van der Waals surface area contributed by atoms with Gasteiger partial charge in [0.25, 0.3) is 0 Å². The Morgan fingerprint density at radius 2 is 1.73 bits per heavy atom. The summed E-state index contributed by atoms with van der Waals surface area (Å²) in [4.78, 5) is 27.9. The number of esters is 1. The maximum absolute atomic E-state index is 13.1. The van der Waals surface area contributed by atoms with Crippen LogP contribution in [0.25, 0.3) is 5.57 Å². The molecule has 4 aliphatic rings. The maximum atomic E-state index is 13.1. The van der Waals surface area contributed by atoms with E-state index in [1.165, 1.54) is 46.8 Å². The van der Waals surface area contributed by atoms with Crippen molar-refractivity contribution in [2.24, 2.45) is 0 Å². The number of fused-ring (bicyclic) bond motifs is 2. The number of carboxylic acids is 1. The third kappa shape index (κ3) is 4.46. The molecule has 6 nitrogen and oxygen atoms in total. The molecule has 0 bridgehead atoms. The first-order chi connectivity index (χ1) is 18.9. The monoisotopic (exact) mass is 552 g/mol. The van der Waals surface area contributed by atoms with Crippen molar-refractivity contribution >= 4 is 42.2 Å². The molecule has 0 amide bonds. The van der Waals surface area contributed by atoms with E-state index in [1.807, 2.05) is 20.8 Å². The SMILES string of the molecule is CC(C)(C)OC(=O)c1ccc(C(=O)[O-])c(C2=C3C=CC(=[N+]4CCC4)C=C3[Si](C)(C)c3cc(N4CCC4)ccc32)c1. The van der Waals surface area contributed by atoms with Gasteiger partial charge in [-0.1, -0.05) is 25.2 Å². The Kier molecular flexibility index (Phi) is 6.26. The quantitative estimate of drug-likeness (QED) is 0.328. The Bertz CT molecular complexity index is 1580. The minimum absolute atomic E-state index is 0.0687. The number of rotatable bonds is 4. The Morgan fingerprint density at radius 3 is 2.33 bits per heavy atom. The van der Waals surface area contributed by atoms with Crippen LogP contribution in [0.2, 0.25) is 13.1 Å². The molecule has 0 spiro atoms. The first-order valence-electron chi connectivity index (χ1n) is 14.2. The number of ether oxygens (including phenoxy) is 1. The molecule has 3 aliphatic heterocycles. The van der Waals surface area contributed by atoms with Crippen LogP contribution in [0.1, 0.15) is 65.5 Å². The van der Waals surface area contributed by atoms with Crippen molar-refractivity contribution in [1.29, 1.82) is 0 Å². The molecule has 40 heavy (non-hydrogen) atoms. The van der Waals surface area contributed by atoms with Gasteiger partial charge in [0.15, 0.2) is 5.71 Å². The highest BCUT2D eigenvalue weighted by atomic mass is 28.3. The van der Waals surface area contributed by atoms with Gasteiger partial charge in [0.1, 0.15) is 26.8 Å². The van der Waals surface area contributed by atoms with Gasteiger partial charge in [-0.15, -0.1) is 0 Å². The van der Waals surface area contributed by atoms with Gasteiger partial charge < -0.3 is 19.5 Å². The zero-order valence-corrected chi connectivity index (χ0v) is 25.0.